The topological polar surface area (TPSA) is 33.7 Å². The highest BCUT2D eigenvalue weighted by atomic mass is 16.5. The average Bonchev–Trinajstić information content (AvgIpc) is 2.42. The number of hydrogen-bond donors (Lipinski definition) is 1. The van der Waals surface area contributed by atoms with Gasteiger partial charge in [-0.3, -0.25) is 0 Å². The SMILES string of the molecule is CNCCCC(c1ccc(OC)c(OC)c1)N(C)C. The standard InChI is InChI=1S/C15H26N2O2/c1-16-10-6-7-13(17(2)3)12-8-9-14(18-4)15(11-12)19-5/h8-9,11,13,16H,6-7,10H2,1-5H3. The molecule has 0 spiro atoms. The summed E-state index contributed by atoms with van der Waals surface area (Å²) in [5.74, 6) is 1.57. The van der Waals surface area contributed by atoms with Crippen LogP contribution in [0, 0.1) is 0 Å². The fourth-order valence-corrected chi connectivity index (χ4v) is 2.26. The van der Waals surface area contributed by atoms with Gasteiger partial charge >= 0.3 is 0 Å². The second kappa shape index (κ2) is 8.02. The summed E-state index contributed by atoms with van der Waals surface area (Å²) in [6.45, 7) is 1.04. The maximum Gasteiger partial charge on any atom is 0.161 e. The van der Waals surface area contributed by atoms with Crippen molar-refractivity contribution in [3.05, 3.63) is 23.8 Å². The van der Waals surface area contributed by atoms with Crippen LogP contribution in [0.2, 0.25) is 0 Å². The third-order valence-corrected chi connectivity index (χ3v) is 3.32. The van der Waals surface area contributed by atoms with E-state index < -0.39 is 0 Å². The molecule has 1 aromatic rings. The van der Waals surface area contributed by atoms with Crippen LogP contribution >= 0.6 is 0 Å². The first-order valence-corrected chi connectivity index (χ1v) is 6.67. The second-order valence-corrected chi connectivity index (χ2v) is 4.84. The van der Waals surface area contributed by atoms with Crippen LogP contribution in [-0.2, 0) is 0 Å². The van der Waals surface area contributed by atoms with Crippen LogP contribution in [0.25, 0.3) is 0 Å². The lowest BCUT2D eigenvalue weighted by atomic mass is 10.0. The Hall–Kier alpha value is -1.26. The first-order valence-electron chi connectivity index (χ1n) is 6.67. The van der Waals surface area contributed by atoms with Gasteiger partial charge in [0.2, 0.25) is 0 Å². The van der Waals surface area contributed by atoms with Gasteiger partial charge in [0.1, 0.15) is 0 Å². The van der Waals surface area contributed by atoms with Crippen LogP contribution < -0.4 is 14.8 Å². The summed E-state index contributed by atoms with van der Waals surface area (Å²) in [6.07, 6.45) is 2.26. The molecule has 1 unspecified atom stereocenters. The van der Waals surface area contributed by atoms with Crippen LogP contribution in [0.15, 0.2) is 18.2 Å². The Bertz CT molecular complexity index is 380. The molecular formula is C15H26N2O2. The number of nitrogens with one attached hydrogen (secondary N) is 1. The van der Waals surface area contributed by atoms with Gasteiger partial charge in [-0.25, -0.2) is 0 Å². The summed E-state index contributed by atoms with van der Waals surface area (Å²) in [5.41, 5.74) is 1.26. The van der Waals surface area contributed by atoms with Gasteiger partial charge < -0.3 is 19.7 Å². The Morgan fingerprint density at radius 3 is 2.37 bits per heavy atom. The van der Waals surface area contributed by atoms with Gasteiger partial charge in [0.15, 0.2) is 11.5 Å². The quantitative estimate of drug-likeness (QED) is 0.732. The van der Waals surface area contributed by atoms with Crippen molar-refractivity contribution in [3.63, 3.8) is 0 Å². The largest absolute Gasteiger partial charge is 0.493 e. The van der Waals surface area contributed by atoms with Crippen molar-refractivity contribution in [1.82, 2.24) is 10.2 Å². The molecule has 1 rings (SSSR count). The predicted molar refractivity (Wildman–Crippen MR) is 79.1 cm³/mol. The lowest BCUT2D eigenvalue weighted by Crippen LogP contribution is -2.21. The van der Waals surface area contributed by atoms with E-state index in [0.717, 1.165) is 30.9 Å². The van der Waals surface area contributed by atoms with Crippen molar-refractivity contribution in [2.45, 2.75) is 18.9 Å². The molecule has 0 heterocycles. The van der Waals surface area contributed by atoms with E-state index in [0.29, 0.717) is 6.04 Å². The van der Waals surface area contributed by atoms with Gasteiger partial charge in [0.25, 0.3) is 0 Å². The van der Waals surface area contributed by atoms with Crippen LogP contribution in [0.1, 0.15) is 24.4 Å². The van der Waals surface area contributed by atoms with Crippen molar-refractivity contribution in [2.24, 2.45) is 0 Å². The summed E-state index contributed by atoms with van der Waals surface area (Å²) in [6, 6.07) is 6.56. The zero-order valence-corrected chi connectivity index (χ0v) is 12.7. The Kier molecular flexibility index (Phi) is 6.67. The number of methoxy groups -OCH3 is 2. The molecule has 0 aliphatic heterocycles. The first-order chi connectivity index (χ1) is 9.13. The number of nitrogens with zero attached hydrogens (tertiary/aromatic N) is 1. The van der Waals surface area contributed by atoms with Gasteiger partial charge in [-0.15, -0.1) is 0 Å². The third kappa shape index (κ3) is 4.40. The van der Waals surface area contributed by atoms with Gasteiger partial charge in [-0.05, 0) is 58.2 Å². The summed E-state index contributed by atoms with van der Waals surface area (Å²) in [4.78, 5) is 2.25. The zero-order valence-electron chi connectivity index (χ0n) is 12.7. The van der Waals surface area contributed by atoms with Crippen molar-refractivity contribution in [3.8, 4) is 11.5 Å². The van der Waals surface area contributed by atoms with Gasteiger partial charge in [-0.1, -0.05) is 6.07 Å². The highest BCUT2D eigenvalue weighted by Crippen LogP contribution is 2.32. The minimum atomic E-state index is 0.396. The zero-order chi connectivity index (χ0) is 14.3. The molecule has 1 atom stereocenters. The molecule has 0 aliphatic rings. The molecule has 0 fully saturated rings. The Morgan fingerprint density at radius 1 is 1.16 bits per heavy atom. The van der Waals surface area contributed by atoms with E-state index in [1.807, 2.05) is 13.1 Å². The van der Waals surface area contributed by atoms with E-state index >= 15 is 0 Å². The van der Waals surface area contributed by atoms with E-state index in [1.54, 1.807) is 14.2 Å². The summed E-state index contributed by atoms with van der Waals surface area (Å²) in [5, 5.41) is 3.19. The molecule has 0 amide bonds. The molecule has 108 valence electrons. The monoisotopic (exact) mass is 266 g/mol. The smallest absolute Gasteiger partial charge is 0.161 e. The van der Waals surface area contributed by atoms with Crippen LogP contribution in [0.5, 0.6) is 11.5 Å². The van der Waals surface area contributed by atoms with E-state index in [2.05, 4.69) is 36.4 Å². The number of rotatable bonds is 8. The Labute approximate surface area is 116 Å². The van der Waals surface area contributed by atoms with E-state index in [-0.39, 0.29) is 0 Å². The molecule has 4 heteroatoms. The summed E-state index contributed by atoms with van der Waals surface area (Å²) < 4.78 is 10.7. The lowest BCUT2D eigenvalue weighted by Gasteiger charge is -2.25. The fraction of sp³-hybridized carbons (Fsp3) is 0.600. The molecule has 1 aromatic carbocycles. The maximum atomic E-state index is 5.38. The van der Waals surface area contributed by atoms with Crippen molar-refractivity contribution >= 4 is 0 Å². The van der Waals surface area contributed by atoms with Crippen LogP contribution in [-0.4, -0.2) is 46.8 Å². The normalized spacial score (nSPS) is 12.5. The van der Waals surface area contributed by atoms with Crippen molar-refractivity contribution < 1.29 is 9.47 Å². The molecule has 0 aliphatic carbocycles. The number of ether oxygens (including phenoxy) is 2. The molecular weight excluding hydrogens is 240 g/mol. The van der Waals surface area contributed by atoms with Gasteiger partial charge in [0.05, 0.1) is 14.2 Å². The molecule has 4 nitrogen and oxygen atoms in total. The molecule has 19 heavy (non-hydrogen) atoms. The fourth-order valence-electron chi connectivity index (χ4n) is 2.26. The van der Waals surface area contributed by atoms with E-state index in [9.17, 15) is 0 Å². The van der Waals surface area contributed by atoms with E-state index in [4.69, 9.17) is 9.47 Å². The predicted octanol–water partition coefficient (Wildman–Crippen LogP) is 2.31. The third-order valence-electron chi connectivity index (χ3n) is 3.32. The lowest BCUT2D eigenvalue weighted by molar-refractivity contribution is 0.277. The minimum absolute atomic E-state index is 0.396. The number of hydrogen-bond acceptors (Lipinski definition) is 4. The Morgan fingerprint density at radius 2 is 1.84 bits per heavy atom. The van der Waals surface area contributed by atoms with Crippen LogP contribution in [0.3, 0.4) is 0 Å². The summed E-state index contributed by atoms with van der Waals surface area (Å²) in [7, 11) is 9.55. The van der Waals surface area contributed by atoms with Gasteiger partial charge in [0, 0.05) is 6.04 Å². The van der Waals surface area contributed by atoms with Crippen LogP contribution in [0.4, 0.5) is 0 Å². The highest BCUT2D eigenvalue weighted by Gasteiger charge is 2.16. The Balaban J connectivity index is 2.89. The van der Waals surface area contributed by atoms with Crippen molar-refractivity contribution in [2.75, 3.05) is 41.9 Å². The highest BCUT2D eigenvalue weighted by molar-refractivity contribution is 5.43. The molecule has 0 radical (unpaired) electrons. The van der Waals surface area contributed by atoms with Gasteiger partial charge in [-0.2, -0.15) is 0 Å². The van der Waals surface area contributed by atoms with Crippen molar-refractivity contribution in [1.29, 1.82) is 0 Å². The molecule has 0 saturated carbocycles. The van der Waals surface area contributed by atoms with E-state index in [1.165, 1.54) is 5.56 Å². The molecule has 0 bridgehead atoms. The minimum Gasteiger partial charge on any atom is -0.493 e. The second-order valence-electron chi connectivity index (χ2n) is 4.84. The number of benzene rings is 1. The average molecular weight is 266 g/mol. The molecule has 0 aromatic heterocycles. The maximum absolute atomic E-state index is 5.38. The summed E-state index contributed by atoms with van der Waals surface area (Å²) >= 11 is 0. The first kappa shape index (κ1) is 15.8. The molecule has 1 N–H and O–H groups in total. The molecule has 0 saturated heterocycles.